The molecule has 0 amide bonds. The first-order valence-electron chi connectivity index (χ1n) is 6.26. The number of aromatic nitrogens is 4. The van der Waals surface area contributed by atoms with E-state index in [2.05, 4.69) is 15.1 Å². The van der Waals surface area contributed by atoms with Gasteiger partial charge in [-0.05, 0) is 24.3 Å². The molecular formula is C15H10N4O. The van der Waals surface area contributed by atoms with E-state index in [4.69, 9.17) is 0 Å². The average Bonchev–Trinajstić information content (AvgIpc) is 2.83. The van der Waals surface area contributed by atoms with E-state index in [-0.39, 0.29) is 5.56 Å². The van der Waals surface area contributed by atoms with E-state index in [1.807, 2.05) is 54.6 Å². The molecule has 0 spiro atoms. The van der Waals surface area contributed by atoms with Crippen molar-refractivity contribution in [1.29, 1.82) is 0 Å². The van der Waals surface area contributed by atoms with E-state index in [9.17, 15) is 4.79 Å². The number of benzene rings is 2. The molecule has 0 fully saturated rings. The van der Waals surface area contributed by atoms with E-state index in [0.29, 0.717) is 11.2 Å². The van der Waals surface area contributed by atoms with Gasteiger partial charge in [-0.15, -0.1) is 0 Å². The maximum atomic E-state index is 12.0. The number of nitrogens with one attached hydrogen (secondary N) is 1. The highest BCUT2D eigenvalue weighted by Gasteiger charge is 2.12. The number of hydrogen-bond donors (Lipinski definition) is 1. The number of fused-ring (bicyclic) bond motifs is 2. The summed E-state index contributed by atoms with van der Waals surface area (Å²) in [5, 5.41) is 2.78. The Bertz CT molecular complexity index is 969. The van der Waals surface area contributed by atoms with Gasteiger partial charge in [0.25, 0.3) is 5.56 Å². The van der Waals surface area contributed by atoms with Crippen LogP contribution in [0.2, 0.25) is 0 Å². The van der Waals surface area contributed by atoms with Gasteiger partial charge in [-0.2, -0.15) is 0 Å². The van der Waals surface area contributed by atoms with Crippen LogP contribution in [-0.4, -0.2) is 19.7 Å². The maximum absolute atomic E-state index is 12.0. The van der Waals surface area contributed by atoms with Gasteiger partial charge >= 0.3 is 0 Å². The molecule has 2 heterocycles. The molecule has 0 saturated carbocycles. The number of aromatic amines is 1. The molecule has 5 heteroatoms. The minimum absolute atomic E-state index is 0.234. The van der Waals surface area contributed by atoms with Gasteiger partial charge in [0.05, 0.1) is 16.7 Å². The zero-order chi connectivity index (χ0) is 13.5. The van der Waals surface area contributed by atoms with Crippen molar-refractivity contribution < 1.29 is 0 Å². The Balaban J connectivity index is 2.13. The highest BCUT2D eigenvalue weighted by atomic mass is 16.1. The number of para-hydroxylation sites is 3. The van der Waals surface area contributed by atoms with E-state index in [1.54, 1.807) is 4.68 Å². The summed E-state index contributed by atoms with van der Waals surface area (Å²) in [5.41, 5.74) is 3.00. The second-order valence-electron chi connectivity index (χ2n) is 4.50. The third-order valence-corrected chi connectivity index (χ3v) is 3.21. The Morgan fingerprint density at radius 2 is 1.50 bits per heavy atom. The normalized spacial score (nSPS) is 11.2. The molecule has 4 rings (SSSR count). The molecule has 1 N–H and O–H groups in total. The number of hydrogen-bond acceptors (Lipinski definition) is 3. The molecule has 0 atom stereocenters. The average molecular weight is 262 g/mol. The summed E-state index contributed by atoms with van der Waals surface area (Å²) in [4.78, 5) is 21.0. The number of rotatable bonds is 1. The summed E-state index contributed by atoms with van der Waals surface area (Å²) >= 11 is 0. The summed E-state index contributed by atoms with van der Waals surface area (Å²) in [6.45, 7) is 0. The smallest absolute Gasteiger partial charge is 0.265 e. The number of H-pyrrole nitrogens is 1. The van der Waals surface area contributed by atoms with Crippen LogP contribution >= 0.6 is 0 Å². The van der Waals surface area contributed by atoms with Crippen LogP contribution in [0.3, 0.4) is 0 Å². The standard InChI is InChI=1S/C15H10N4O/c20-15-13-14(17-12-9-5-4-8-11(12)16-13)19(18-15)10-6-2-1-3-7-10/h1-9H,(H,18,20). The predicted molar refractivity (Wildman–Crippen MR) is 77.0 cm³/mol. The van der Waals surface area contributed by atoms with E-state index >= 15 is 0 Å². The summed E-state index contributed by atoms with van der Waals surface area (Å²) in [6, 6.07) is 17.1. The van der Waals surface area contributed by atoms with Crippen LogP contribution in [0.15, 0.2) is 59.4 Å². The summed E-state index contributed by atoms with van der Waals surface area (Å²) in [7, 11) is 0. The molecule has 0 bridgehead atoms. The van der Waals surface area contributed by atoms with Gasteiger partial charge in [-0.1, -0.05) is 30.3 Å². The predicted octanol–water partition coefficient (Wildman–Crippen LogP) is 2.26. The van der Waals surface area contributed by atoms with Crippen molar-refractivity contribution in [2.24, 2.45) is 0 Å². The molecule has 2 aromatic heterocycles. The van der Waals surface area contributed by atoms with Crippen molar-refractivity contribution in [2.45, 2.75) is 0 Å². The third kappa shape index (κ3) is 1.53. The molecule has 96 valence electrons. The lowest BCUT2D eigenvalue weighted by Crippen LogP contribution is -2.04. The summed E-state index contributed by atoms with van der Waals surface area (Å²) in [6.07, 6.45) is 0. The van der Waals surface area contributed by atoms with Crippen molar-refractivity contribution >= 4 is 22.2 Å². The SMILES string of the molecule is O=c1[nH]n(-c2ccccc2)c2nc3ccccc3nc12. The molecule has 0 saturated heterocycles. The highest BCUT2D eigenvalue weighted by Crippen LogP contribution is 2.16. The highest BCUT2D eigenvalue weighted by molar-refractivity contribution is 5.84. The molecule has 20 heavy (non-hydrogen) atoms. The van der Waals surface area contributed by atoms with Gasteiger partial charge in [0, 0.05) is 0 Å². The Hall–Kier alpha value is -2.95. The largest absolute Gasteiger partial charge is 0.292 e. The molecule has 2 aromatic carbocycles. The lowest BCUT2D eigenvalue weighted by molar-refractivity contribution is 0.881. The fourth-order valence-corrected chi connectivity index (χ4v) is 2.27. The fourth-order valence-electron chi connectivity index (χ4n) is 2.27. The lowest BCUT2D eigenvalue weighted by Gasteiger charge is -2.03. The van der Waals surface area contributed by atoms with Crippen LogP contribution < -0.4 is 5.56 Å². The monoisotopic (exact) mass is 262 g/mol. The zero-order valence-corrected chi connectivity index (χ0v) is 10.4. The van der Waals surface area contributed by atoms with E-state index in [0.717, 1.165) is 16.7 Å². The molecule has 4 aromatic rings. The summed E-state index contributed by atoms with van der Waals surface area (Å²) < 4.78 is 1.66. The Labute approximate surface area is 113 Å². The van der Waals surface area contributed by atoms with Crippen LogP contribution in [0.5, 0.6) is 0 Å². The topological polar surface area (TPSA) is 63.6 Å². The van der Waals surface area contributed by atoms with Gasteiger partial charge in [0.15, 0.2) is 11.2 Å². The molecular weight excluding hydrogens is 252 g/mol. The van der Waals surface area contributed by atoms with Gasteiger partial charge in [-0.3, -0.25) is 9.89 Å². The van der Waals surface area contributed by atoms with Crippen molar-refractivity contribution in [3.05, 3.63) is 65.0 Å². The van der Waals surface area contributed by atoms with Crippen molar-refractivity contribution in [3.63, 3.8) is 0 Å². The first kappa shape index (κ1) is 10.9. The Kier molecular flexibility index (Phi) is 2.20. The quantitative estimate of drug-likeness (QED) is 0.572. The molecule has 0 aliphatic rings. The van der Waals surface area contributed by atoms with Crippen molar-refractivity contribution in [2.75, 3.05) is 0 Å². The summed E-state index contributed by atoms with van der Waals surface area (Å²) in [5.74, 6) is 0. The van der Waals surface area contributed by atoms with E-state index in [1.165, 1.54) is 0 Å². The second kappa shape index (κ2) is 4.03. The molecule has 0 radical (unpaired) electrons. The first-order chi connectivity index (χ1) is 9.83. The van der Waals surface area contributed by atoms with Crippen LogP contribution in [0.4, 0.5) is 0 Å². The maximum Gasteiger partial charge on any atom is 0.292 e. The van der Waals surface area contributed by atoms with Crippen LogP contribution in [-0.2, 0) is 0 Å². The molecule has 5 nitrogen and oxygen atoms in total. The zero-order valence-electron chi connectivity index (χ0n) is 10.4. The molecule has 0 aliphatic heterocycles. The van der Waals surface area contributed by atoms with Crippen molar-refractivity contribution in [3.8, 4) is 5.69 Å². The molecule has 0 unspecified atom stereocenters. The fraction of sp³-hybridized carbons (Fsp3) is 0. The van der Waals surface area contributed by atoms with E-state index < -0.39 is 0 Å². The van der Waals surface area contributed by atoms with Gasteiger partial charge in [0.1, 0.15) is 0 Å². The lowest BCUT2D eigenvalue weighted by atomic mass is 10.3. The van der Waals surface area contributed by atoms with Crippen molar-refractivity contribution in [1.82, 2.24) is 19.7 Å². The first-order valence-corrected chi connectivity index (χ1v) is 6.26. The van der Waals surface area contributed by atoms with Gasteiger partial charge in [0.2, 0.25) is 0 Å². The van der Waals surface area contributed by atoms with Crippen LogP contribution in [0, 0.1) is 0 Å². The number of nitrogens with zero attached hydrogens (tertiary/aromatic N) is 3. The minimum atomic E-state index is -0.234. The van der Waals surface area contributed by atoms with Gasteiger partial charge < -0.3 is 0 Å². The Morgan fingerprint density at radius 3 is 2.25 bits per heavy atom. The Morgan fingerprint density at radius 1 is 0.850 bits per heavy atom. The van der Waals surface area contributed by atoms with Crippen LogP contribution in [0.1, 0.15) is 0 Å². The minimum Gasteiger partial charge on any atom is -0.265 e. The third-order valence-electron chi connectivity index (χ3n) is 3.21. The molecule has 0 aliphatic carbocycles. The van der Waals surface area contributed by atoms with Gasteiger partial charge in [-0.25, -0.2) is 14.6 Å². The second-order valence-corrected chi connectivity index (χ2v) is 4.50. The van der Waals surface area contributed by atoms with Crippen LogP contribution in [0.25, 0.3) is 27.9 Å².